The fourth-order valence-electron chi connectivity index (χ4n) is 4.42. The minimum atomic E-state index is -0.783. The van der Waals surface area contributed by atoms with E-state index in [1.165, 1.54) is 5.56 Å². The van der Waals surface area contributed by atoms with Crippen molar-refractivity contribution in [1.82, 2.24) is 10.6 Å². The number of nitrogens with zero attached hydrogens (tertiary/aromatic N) is 1. The molecule has 2 aromatic carbocycles. The smallest absolute Gasteiger partial charge is 0.229 e. The summed E-state index contributed by atoms with van der Waals surface area (Å²) in [7, 11) is 3.40. The van der Waals surface area contributed by atoms with Crippen molar-refractivity contribution in [2.24, 2.45) is 0 Å². The third kappa shape index (κ3) is 4.01. The molecule has 2 heterocycles. The molecular weight excluding hydrogens is 366 g/mol. The Hall–Kier alpha value is -2.41. The van der Waals surface area contributed by atoms with Crippen molar-refractivity contribution in [2.75, 3.05) is 25.6 Å². The van der Waals surface area contributed by atoms with E-state index in [-0.39, 0.29) is 18.4 Å². The zero-order chi connectivity index (χ0) is 20.4. The summed E-state index contributed by atoms with van der Waals surface area (Å²) >= 11 is 0. The molecule has 2 aliphatic heterocycles. The molecule has 4 rings (SSSR count). The molecular formula is C23H29N3O3. The van der Waals surface area contributed by atoms with Crippen molar-refractivity contribution < 1.29 is 14.6 Å². The summed E-state index contributed by atoms with van der Waals surface area (Å²) in [6.45, 7) is 1.65. The van der Waals surface area contributed by atoms with Crippen LogP contribution in [0.3, 0.4) is 0 Å². The van der Waals surface area contributed by atoms with Crippen LogP contribution in [0, 0.1) is 0 Å². The number of benzene rings is 2. The Kier molecular flexibility index (Phi) is 5.85. The predicted octanol–water partition coefficient (Wildman–Crippen LogP) is 2.68. The first-order valence-electron chi connectivity index (χ1n) is 10.3. The summed E-state index contributed by atoms with van der Waals surface area (Å²) in [6.07, 6.45) is 1.55. The number of aliphatic hydroxyl groups excluding tert-OH is 1. The summed E-state index contributed by atoms with van der Waals surface area (Å²) in [6, 6.07) is 14.9. The lowest BCUT2D eigenvalue weighted by Crippen LogP contribution is -2.45. The number of fused-ring (bicyclic) bond motifs is 1. The SMILES string of the molecule is COc1cc2c(cc1CNC1CCCN[C@H]1c1ccccc1)N(C)C(=O)CC2O. The number of ether oxygens (including phenoxy) is 1. The van der Waals surface area contributed by atoms with Gasteiger partial charge in [0.1, 0.15) is 5.75 Å². The summed E-state index contributed by atoms with van der Waals surface area (Å²) < 4.78 is 5.60. The highest BCUT2D eigenvalue weighted by Gasteiger charge is 2.30. The number of hydrogen-bond acceptors (Lipinski definition) is 5. The van der Waals surface area contributed by atoms with Crippen molar-refractivity contribution >= 4 is 11.6 Å². The number of piperidine rings is 1. The van der Waals surface area contributed by atoms with Crippen molar-refractivity contribution in [2.45, 2.75) is 44.0 Å². The number of anilines is 1. The molecule has 0 aromatic heterocycles. The van der Waals surface area contributed by atoms with E-state index in [0.29, 0.717) is 12.6 Å². The number of methoxy groups -OCH3 is 1. The third-order valence-electron chi connectivity index (χ3n) is 6.06. The third-order valence-corrected chi connectivity index (χ3v) is 6.06. The van der Waals surface area contributed by atoms with Crippen LogP contribution in [0.2, 0.25) is 0 Å². The molecule has 0 bridgehead atoms. The van der Waals surface area contributed by atoms with Gasteiger partial charge in [-0.05, 0) is 37.1 Å². The van der Waals surface area contributed by atoms with Crippen LogP contribution in [0.15, 0.2) is 42.5 Å². The molecule has 29 heavy (non-hydrogen) atoms. The molecule has 154 valence electrons. The lowest BCUT2D eigenvalue weighted by Gasteiger charge is -2.34. The van der Waals surface area contributed by atoms with Gasteiger partial charge in [0.05, 0.1) is 19.6 Å². The number of nitrogens with one attached hydrogen (secondary N) is 2. The Morgan fingerprint density at radius 2 is 2.07 bits per heavy atom. The average molecular weight is 396 g/mol. The second-order valence-electron chi connectivity index (χ2n) is 7.87. The number of carbonyl (C=O) groups is 1. The minimum Gasteiger partial charge on any atom is -0.496 e. The van der Waals surface area contributed by atoms with Crippen molar-refractivity contribution in [1.29, 1.82) is 0 Å². The molecule has 3 N–H and O–H groups in total. The normalized spacial score (nSPS) is 24.3. The van der Waals surface area contributed by atoms with E-state index < -0.39 is 6.10 Å². The number of amides is 1. The van der Waals surface area contributed by atoms with Gasteiger partial charge in [0.25, 0.3) is 0 Å². The van der Waals surface area contributed by atoms with Crippen LogP contribution in [0.1, 0.15) is 48.1 Å². The molecule has 0 spiro atoms. The molecule has 6 nitrogen and oxygen atoms in total. The molecule has 6 heteroatoms. The lowest BCUT2D eigenvalue weighted by molar-refractivity contribution is -0.120. The number of hydrogen-bond donors (Lipinski definition) is 3. The maximum atomic E-state index is 12.1. The molecule has 2 aliphatic rings. The van der Waals surface area contributed by atoms with E-state index in [1.54, 1.807) is 19.1 Å². The molecule has 0 saturated carbocycles. The maximum Gasteiger partial charge on any atom is 0.229 e. The van der Waals surface area contributed by atoms with Gasteiger partial charge in [-0.2, -0.15) is 0 Å². The molecule has 2 aromatic rings. The number of aliphatic hydroxyl groups is 1. The van der Waals surface area contributed by atoms with E-state index in [2.05, 4.69) is 34.9 Å². The highest BCUT2D eigenvalue weighted by Crippen LogP contribution is 2.38. The Morgan fingerprint density at radius 1 is 1.28 bits per heavy atom. The van der Waals surface area contributed by atoms with Gasteiger partial charge < -0.3 is 25.4 Å². The van der Waals surface area contributed by atoms with Gasteiger partial charge in [0.2, 0.25) is 5.91 Å². The number of carbonyl (C=O) groups excluding carboxylic acids is 1. The van der Waals surface area contributed by atoms with E-state index in [4.69, 9.17) is 4.74 Å². The molecule has 1 amide bonds. The van der Waals surface area contributed by atoms with E-state index in [9.17, 15) is 9.90 Å². The predicted molar refractivity (Wildman–Crippen MR) is 113 cm³/mol. The van der Waals surface area contributed by atoms with Crippen LogP contribution in [-0.4, -0.2) is 37.8 Å². The van der Waals surface area contributed by atoms with Gasteiger partial charge in [-0.25, -0.2) is 0 Å². The molecule has 2 unspecified atom stereocenters. The molecule has 0 radical (unpaired) electrons. The van der Waals surface area contributed by atoms with Gasteiger partial charge in [-0.15, -0.1) is 0 Å². The van der Waals surface area contributed by atoms with Crippen LogP contribution >= 0.6 is 0 Å². The second kappa shape index (κ2) is 8.53. The summed E-state index contributed by atoms with van der Waals surface area (Å²) in [4.78, 5) is 13.8. The van der Waals surface area contributed by atoms with E-state index in [0.717, 1.165) is 42.0 Å². The zero-order valence-electron chi connectivity index (χ0n) is 17.0. The first kappa shape index (κ1) is 19.9. The summed E-state index contributed by atoms with van der Waals surface area (Å²) in [5, 5.41) is 17.7. The van der Waals surface area contributed by atoms with Crippen LogP contribution in [0.25, 0.3) is 0 Å². The van der Waals surface area contributed by atoms with Gasteiger partial charge in [0.15, 0.2) is 0 Å². The highest BCUT2D eigenvalue weighted by molar-refractivity contribution is 5.96. The molecule has 0 aliphatic carbocycles. The quantitative estimate of drug-likeness (QED) is 0.726. The van der Waals surface area contributed by atoms with Crippen molar-refractivity contribution in [3.63, 3.8) is 0 Å². The van der Waals surface area contributed by atoms with E-state index in [1.807, 2.05) is 18.2 Å². The lowest BCUT2D eigenvalue weighted by atomic mass is 9.91. The maximum absolute atomic E-state index is 12.1. The first-order valence-corrected chi connectivity index (χ1v) is 10.3. The minimum absolute atomic E-state index is 0.0744. The fraction of sp³-hybridized carbons (Fsp3) is 0.435. The van der Waals surface area contributed by atoms with Gasteiger partial charge >= 0.3 is 0 Å². The summed E-state index contributed by atoms with van der Waals surface area (Å²) in [5.74, 6) is 0.660. The largest absolute Gasteiger partial charge is 0.496 e. The average Bonchev–Trinajstić information content (AvgIpc) is 2.76. The van der Waals surface area contributed by atoms with Crippen molar-refractivity contribution in [3.05, 3.63) is 59.2 Å². The van der Waals surface area contributed by atoms with Crippen molar-refractivity contribution in [3.8, 4) is 5.75 Å². The van der Waals surface area contributed by atoms with Gasteiger partial charge in [-0.1, -0.05) is 30.3 Å². The fourth-order valence-corrected chi connectivity index (χ4v) is 4.42. The highest BCUT2D eigenvalue weighted by atomic mass is 16.5. The van der Waals surface area contributed by atoms with Crippen LogP contribution in [0.5, 0.6) is 5.75 Å². The van der Waals surface area contributed by atoms with Gasteiger partial charge in [-0.3, -0.25) is 4.79 Å². The van der Waals surface area contributed by atoms with Gasteiger partial charge in [0, 0.05) is 42.5 Å². The Labute approximate surface area is 171 Å². The molecule has 1 fully saturated rings. The molecule has 1 saturated heterocycles. The monoisotopic (exact) mass is 395 g/mol. The van der Waals surface area contributed by atoms with Crippen LogP contribution < -0.4 is 20.3 Å². The molecule has 3 atom stereocenters. The Morgan fingerprint density at radius 3 is 2.83 bits per heavy atom. The summed E-state index contributed by atoms with van der Waals surface area (Å²) in [5.41, 5.74) is 3.77. The van der Waals surface area contributed by atoms with Crippen LogP contribution in [0.4, 0.5) is 5.69 Å². The van der Waals surface area contributed by atoms with E-state index >= 15 is 0 Å². The first-order chi connectivity index (χ1) is 14.1. The Balaban J connectivity index is 1.56. The number of rotatable bonds is 5. The van der Waals surface area contributed by atoms with Crippen LogP contribution in [-0.2, 0) is 11.3 Å². The second-order valence-corrected chi connectivity index (χ2v) is 7.87. The zero-order valence-corrected chi connectivity index (χ0v) is 17.0. The standard InChI is InChI=1S/C23H29N3O3/c1-26-19-11-16(21(29-2)12-17(19)20(27)13-22(26)28)14-25-18-9-6-10-24-23(18)15-7-4-3-5-8-15/h3-5,7-8,11-12,18,20,23-25,27H,6,9-10,13-14H2,1-2H3/t18?,20?,23-/m0/s1. The Bertz CT molecular complexity index is 871. The topological polar surface area (TPSA) is 73.8 Å².